The fraction of sp³-hybridized carbons (Fsp3) is 1.00. The number of likely N-dealkylation sites (N-methyl/N-ethyl adjacent to an activating group) is 1. The Kier molecular flexibility index (Phi) is 5.49. The van der Waals surface area contributed by atoms with Gasteiger partial charge in [0.05, 0.1) is 0 Å². The normalized spacial score (nSPS) is 18.9. The molecule has 0 radical (unpaired) electrons. The van der Waals surface area contributed by atoms with Crippen molar-refractivity contribution in [1.82, 2.24) is 10.2 Å². The number of nitrogens with one attached hydrogen (secondary N) is 1. The van der Waals surface area contributed by atoms with Crippen molar-refractivity contribution in [3.05, 3.63) is 0 Å². The van der Waals surface area contributed by atoms with E-state index in [4.69, 9.17) is 0 Å². The Morgan fingerprint density at radius 2 is 2.07 bits per heavy atom. The molecule has 0 spiro atoms. The monoisotopic (exact) mass is 198 g/mol. The molecule has 84 valence electrons. The minimum atomic E-state index is 0.825. The van der Waals surface area contributed by atoms with E-state index in [1.807, 2.05) is 0 Å². The van der Waals surface area contributed by atoms with Gasteiger partial charge >= 0.3 is 0 Å². The van der Waals surface area contributed by atoms with Crippen LogP contribution in [0, 0.1) is 5.92 Å². The van der Waals surface area contributed by atoms with Crippen LogP contribution in [0.15, 0.2) is 0 Å². The van der Waals surface area contributed by atoms with Crippen LogP contribution in [-0.2, 0) is 0 Å². The lowest BCUT2D eigenvalue weighted by atomic mass is 10.1. The van der Waals surface area contributed by atoms with Crippen LogP contribution < -0.4 is 5.32 Å². The minimum absolute atomic E-state index is 0.825. The van der Waals surface area contributed by atoms with E-state index in [2.05, 4.69) is 31.0 Å². The first-order valence-corrected chi connectivity index (χ1v) is 6.22. The maximum Gasteiger partial charge on any atom is 0.0110 e. The molecule has 0 bridgehead atoms. The van der Waals surface area contributed by atoms with E-state index in [-0.39, 0.29) is 0 Å². The molecule has 0 aromatic carbocycles. The molecule has 1 aliphatic rings. The zero-order valence-corrected chi connectivity index (χ0v) is 10.1. The highest BCUT2D eigenvalue weighted by Gasteiger charge is 2.26. The first kappa shape index (κ1) is 12.0. The smallest absolute Gasteiger partial charge is 0.0110 e. The van der Waals surface area contributed by atoms with Gasteiger partial charge in [-0.2, -0.15) is 0 Å². The van der Waals surface area contributed by atoms with E-state index < -0.39 is 0 Å². The molecule has 2 heteroatoms. The van der Waals surface area contributed by atoms with E-state index in [1.54, 1.807) is 0 Å². The van der Waals surface area contributed by atoms with Gasteiger partial charge in [-0.3, -0.25) is 4.90 Å². The van der Waals surface area contributed by atoms with Crippen LogP contribution in [0.1, 0.15) is 40.0 Å². The van der Waals surface area contributed by atoms with Crippen molar-refractivity contribution in [1.29, 1.82) is 0 Å². The van der Waals surface area contributed by atoms with Gasteiger partial charge in [-0.1, -0.05) is 27.2 Å². The summed E-state index contributed by atoms with van der Waals surface area (Å²) in [6.07, 6.45) is 4.14. The first-order chi connectivity index (χ1) is 6.77. The summed E-state index contributed by atoms with van der Waals surface area (Å²) in [6.45, 7) is 11.6. The number of hydrogen-bond donors (Lipinski definition) is 1. The maximum atomic E-state index is 3.54. The summed E-state index contributed by atoms with van der Waals surface area (Å²) in [4.78, 5) is 2.60. The Morgan fingerprint density at radius 1 is 1.36 bits per heavy atom. The summed E-state index contributed by atoms with van der Waals surface area (Å²) in [5.41, 5.74) is 0. The third-order valence-electron chi connectivity index (χ3n) is 3.23. The molecule has 1 fully saturated rings. The van der Waals surface area contributed by atoms with Crippen LogP contribution >= 0.6 is 0 Å². The molecule has 1 saturated carbocycles. The van der Waals surface area contributed by atoms with Gasteiger partial charge in [0, 0.05) is 19.1 Å². The Morgan fingerprint density at radius 3 is 2.57 bits per heavy atom. The van der Waals surface area contributed by atoms with E-state index in [9.17, 15) is 0 Å². The number of nitrogens with zero attached hydrogens (tertiary/aromatic N) is 1. The van der Waals surface area contributed by atoms with Crippen molar-refractivity contribution in [3.8, 4) is 0 Å². The molecule has 14 heavy (non-hydrogen) atoms. The van der Waals surface area contributed by atoms with Gasteiger partial charge < -0.3 is 5.32 Å². The first-order valence-electron chi connectivity index (χ1n) is 6.22. The fourth-order valence-electron chi connectivity index (χ4n) is 1.75. The summed E-state index contributed by atoms with van der Waals surface area (Å²) in [5, 5.41) is 3.54. The molecular formula is C12H26N2. The van der Waals surface area contributed by atoms with Gasteiger partial charge in [0.15, 0.2) is 0 Å². The predicted octanol–water partition coefficient (Wildman–Crippen LogP) is 2.11. The SMILES string of the molecule is CCC(C)CNCCN(CC)C1CC1. The molecule has 0 amide bonds. The number of rotatable bonds is 8. The van der Waals surface area contributed by atoms with E-state index in [0.29, 0.717) is 0 Å². The molecule has 0 saturated heterocycles. The molecule has 2 nitrogen and oxygen atoms in total. The fourth-order valence-corrected chi connectivity index (χ4v) is 1.75. The van der Waals surface area contributed by atoms with Crippen molar-refractivity contribution in [2.45, 2.75) is 46.1 Å². The molecule has 0 aromatic rings. The van der Waals surface area contributed by atoms with Crippen molar-refractivity contribution >= 4 is 0 Å². The second-order valence-electron chi connectivity index (χ2n) is 4.58. The van der Waals surface area contributed by atoms with Crippen molar-refractivity contribution in [2.75, 3.05) is 26.2 Å². The molecule has 0 heterocycles. The topological polar surface area (TPSA) is 15.3 Å². The molecule has 1 N–H and O–H groups in total. The van der Waals surface area contributed by atoms with E-state index in [1.165, 1.54) is 38.9 Å². The highest BCUT2D eigenvalue weighted by Crippen LogP contribution is 2.25. The standard InChI is InChI=1S/C12H26N2/c1-4-11(3)10-13-8-9-14(5-2)12-6-7-12/h11-13H,4-10H2,1-3H3. The summed E-state index contributed by atoms with van der Waals surface area (Å²) in [5.74, 6) is 0.825. The van der Waals surface area contributed by atoms with Gasteiger partial charge in [0.1, 0.15) is 0 Å². The van der Waals surface area contributed by atoms with Gasteiger partial charge in [-0.25, -0.2) is 0 Å². The van der Waals surface area contributed by atoms with Gasteiger partial charge in [0.2, 0.25) is 0 Å². The largest absolute Gasteiger partial charge is 0.315 e. The van der Waals surface area contributed by atoms with E-state index in [0.717, 1.165) is 18.5 Å². The summed E-state index contributed by atoms with van der Waals surface area (Å²) in [6, 6.07) is 0.922. The quantitative estimate of drug-likeness (QED) is 0.601. The van der Waals surface area contributed by atoms with Crippen LogP contribution in [0.3, 0.4) is 0 Å². The van der Waals surface area contributed by atoms with Gasteiger partial charge in [0.25, 0.3) is 0 Å². The Labute approximate surface area is 89.1 Å². The van der Waals surface area contributed by atoms with Crippen molar-refractivity contribution in [3.63, 3.8) is 0 Å². The van der Waals surface area contributed by atoms with E-state index >= 15 is 0 Å². The molecule has 1 rings (SSSR count). The molecular weight excluding hydrogens is 172 g/mol. The summed E-state index contributed by atoms with van der Waals surface area (Å²) in [7, 11) is 0. The molecule has 1 aliphatic carbocycles. The average molecular weight is 198 g/mol. The molecule has 0 aliphatic heterocycles. The zero-order valence-electron chi connectivity index (χ0n) is 10.1. The molecule has 1 atom stereocenters. The predicted molar refractivity (Wildman–Crippen MR) is 62.6 cm³/mol. The number of hydrogen-bond acceptors (Lipinski definition) is 2. The Balaban J connectivity index is 1.96. The van der Waals surface area contributed by atoms with Crippen LogP contribution in [0.25, 0.3) is 0 Å². The second-order valence-corrected chi connectivity index (χ2v) is 4.58. The van der Waals surface area contributed by atoms with Gasteiger partial charge in [-0.15, -0.1) is 0 Å². The Hall–Kier alpha value is -0.0800. The zero-order chi connectivity index (χ0) is 10.4. The van der Waals surface area contributed by atoms with Gasteiger partial charge in [-0.05, 0) is 31.8 Å². The summed E-state index contributed by atoms with van der Waals surface area (Å²) >= 11 is 0. The van der Waals surface area contributed by atoms with Crippen LogP contribution in [-0.4, -0.2) is 37.1 Å². The van der Waals surface area contributed by atoms with Crippen LogP contribution in [0.4, 0.5) is 0 Å². The third kappa shape index (κ3) is 4.43. The third-order valence-corrected chi connectivity index (χ3v) is 3.23. The second kappa shape index (κ2) is 6.41. The lowest BCUT2D eigenvalue weighted by Crippen LogP contribution is -2.35. The molecule has 1 unspecified atom stereocenters. The Bertz CT molecular complexity index is 143. The lowest BCUT2D eigenvalue weighted by Gasteiger charge is -2.20. The molecule has 0 aromatic heterocycles. The highest BCUT2D eigenvalue weighted by molar-refractivity contribution is 4.83. The average Bonchev–Trinajstić information content (AvgIpc) is 3.01. The van der Waals surface area contributed by atoms with Crippen LogP contribution in [0.5, 0.6) is 0 Å². The maximum absolute atomic E-state index is 3.54. The minimum Gasteiger partial charge on any atom is -0.315 e. The van der Waals surface area contributed by atoms with Crippen molar-refractivity contribution < 1.29 is 0 Å². The van der Waals surface area contributed by atoms with Crippen molar-refractivity contribution in [2.24, 2.45) is 5.92 Å². The van der Waals surface area contributed by atoms with Crippen LogP contribution in [0.2, 0.25) is 0 Å². The highest BCUT2D eigenvalue weighted by atomic mass is 15.2. The summed E-state index contributed by atoms with van der Waals surface area (Å²) < 4.78 is 0. The lowest BCUT2D eigenvalue weighted by molar-refractivity contribution is 0.275.